The molecule has 0 saturated carbocycles. The van der Waals surface area contributed by atoms with Gasteiger partial charge in [-0.25, -0.2) is 4.79 Å². The molecule has 92 valence electrons. The molecule has 0 N–H and O–H groups in total. The molecule has 0 aromatic carbocycles. The molecule has 0 saturated heterocycles. The lowest BCUT2D eigenvalue weighted by atomic mass is 10.2. The van der Waals surface area contributed by atoms with Crippen LogP contribution in [0.2, 0.25) is 0 Å². The third-order valence-electron chi connectivity index (χ3n) is 2.78. The maximum Gasteiger partial charge on any atom is 0.364 e. The summed E-state index contributed by atoms with van der Waals surface area (Å²) in [5.41, 5.74) is -0.590. The van der Waals surface area contributed by atoms with E-state index in [9.17, 15) is 9.59 Å². The Morgan fingerprint density at radius 1 is 1.35 bits per heavy atom. The fourth-order valence-corrected chi connectivity index (χ4v) is 1.92. The van der Waals surface area contributed by atoms with Gasteiger partial charge in [-0.1, -0.05) is 6.42 Å². The van der Waals surface area contributed by atoms with Gasteiger partial charge in [0, 0.05) is 13.0 Å². The lowest BCUT2D eigenvalue weighted by Crippen LogP contribution is -2.32. The summed E-state index contributed by atoms with van der Waals surface area (Å²) in [6.45, 7) is 2.52. The number of carbonyl (C=O) groups excluding carboxylic acids is 1. The topological polar surface area (TPSA) is 74.1 Å². The number of carbonyl (C=O) groups is 1. The number of rotatable bonds is 2. The SMILES string of the molecule is CCOC(=O)c1nnc2n(c1=O)CCCCC2. The smallest absolute Gasteiger partial charge is 0.364 e. The van der Waals surface area contributed by atoms with Crippen LogP contribution in [-0.2, 0) is 17.7 Å². The molecule has 0 bridgehead atoms. The number of hydrogen-bond donors (Lipinski definition) is 0. The van der Waals surface area contributed by atoms with Crippen molar-refractivity contribution in [3.63, 3.8) is 0 Å². The van der Waals surface area contributed by atoms with Crippen LogP contribution in [0, 0.1) is 0 Å². The number of aryl methyl sites for hydroxylation is 1. The van der Waals surface area contributed by atoms with Crippen molar-refractivity contribution in [2.75, 3.05) is 6.61 Å². The Morgan fingerprint density at radius 2 is 2.18 bits per heavy atom. The highest BCUT2D eigenvalue weighted by atomic mass is 16.5. The fraction of sp³-hybridized carbons (Fsp3) is 0.636. The maximum atomic E-state index is 12.0. The highest BCUT2D eigenvalue weighted by Crippen LogP contribution is 2.09. The number of ether oxygens (including phenoxy) is 1. The lowest BCUT2D eigenvalue weighted by Gasteiger charge is -2.08. The monoisotopic (exact) mass is 237 g/mol. The van der Waals surface area contributed by atoms with Crippen molar-refractivity contribution in [1.29, 1.82) is 0 Å². The van der Waals surface area contributed by atoms with Gasteiger partial charge in [0.05, 0.1) is 6.61 Å². The zero-order valence-corrected chi connectivity index (χ0v) is 9.81. The van der Waals surface area contributed by atoms with Crippen molar-refractivity contribution >= 4 is 5.97 Å². The first-order valence-electron chi connectivity index (χ1n) is 5.87. The average molecular weight is 237 g/mol. The van der Waals surface area contributed by atoms with E-state index in [4.69, 9.17) is 4.74 Å². The lowest BCUT2D eigenvalue weighted by molar-refractivity contribution is 0.0514. The first-order chi connectivity index (χ1) is 8.24. The zero-order chi connectivity index (χ0) is 12.3. The molecule has 1 aromatic heterocycles. The number of nitrogens with zero attached hydrogens (tertiary/aromatic N) is 3. The van der Waals surface area contributed by atoms with Crippen molar-refractivity contribution in [1.82, 2.24) is 14.8 Å². The van der Waals surface area contributed by atoms with E-state index in [0.29, 0.717) is 12.4 Å². The Morgan fingerprint density at radius 3 is 2.94 bits per heavy atom. The quantitative estimate of drug-likeness (QED) is 0.702. The minimum Gasteiger partial charge on any atom is -0.461 e. The molecule has 0 spiro atoms. The van der Waals surface area contributed by atoms with Crippen LogP contribution in [0.25, 0.3) is 0 Å². The molecule has 0 fully saturated rings. The molecule has 6 heteroatoms. The largest absolute Gasteiger partial charge is 0.461 e. The Kier molecular flexibility index (Phi) is 3.51. The predicted octanol–water partition coefficient (Wildman–Crippen LogP) is 0.541. The Balaban J connectivity index is 2.41. The summed E-state index contributed by atoms with van der Waals surface area (Å²) in [6.07, 6.45) is 3.75. The molecule has 0 aliphatic carbocycles. The zero-order valence-electron chi connectivity index (χ0n) is 9.81. The second kappa shape index (κ2) is 5.07. The summed E-state index contributed by atoms with van der Waals surface area (Å²) in [5, 5.41) is 7.65. The molecule has 0 unspecified atom stereocenters. The van der Waals surface area contributed by atoms with E-state index in [1.54, 1.807) is 11.5 Å². The first-order valence-corrected chi connectivity index (χ1v) is 5.87. The number of aromatic nitrogens is 3. The van der Waals surface area contributed by atoms with E-state index in [-0.39, 0.29) is 17.9 Å². The highest BCUT2D eigenvalue weighted by molar-refractivity contribution is 5.86. The minimum atomic E-state index is -0.690. The third-order valence-corrected chi connectivity index (χ3v) is 2.78. The summed E-state index contributed by atoms with van der Waals surface area (Å²) in [4.78, 5) is 23.5. The van der Waals surface area contributed by atoms with Crippen LogP contribution in [0.1, 0.15) is 42.5 Å². The summed E-state index contributed by atoms with van der Waals surface area (Å²) in [6, 6.07) is 0. The molecule has 2 heterocycles. The maximum absolute atomic E-state index is 12.0. The van der Waals surface area contributed by atoms with E-state index in [1.165, 1.54) is 0 Å². The summed E-state index contributed by atoms with van der Waals surface area (Å²) in [7, 11) is 0. The van der Waals surface area contributed by atoms with Crippen molar-refractivity contribution in [3.8, 4) is 0 Å². The van der Waals surface area contributed by atoms with Crippen LogP contribution >= 0.6 is 0 Å². The molecule has 0 amide bonds. The van der Waals surface area contributed by atoms with Crippen molar-refractivity contribution < 1.29 is 9.53 Å². The van der Waals surface area contributed by atoms with Crippen LogP contribution in [0.4, 0.5) is 0 Å². The van der Waals surface area contributed by atoms with E-state index in [0.717, 1.165) is 25.7 Å². The van der Waals surface area contributed by atoms with Gasteiger partial charge in [0.1, 0.15) is 5.82 Å². The van der Waals surface area contributed by atoms with Crippen molar-refractivity contribution in [2.24, 2.45) is 0 Å². The Labute approximate surface area is 98.6 Å². The van der Waals surface area contributed by atoms with Gasteiger partial charge >= 0.3 is 5.97 Å². The highest BCUT2D eigenvalue weighted by Gasteiger charge is 2.20. The summed E-state index contributed by atoms with van der Waals surface area (Å²) in [5.74, 6) is -0.0231. The van der Waals surface area contributed by atoms with Crippen LogP contribution in [-0.4, -0.2) is 27.3 Å². The Bertz CT molecular complexity index is 481. The summed E-state index contributed by atoms with van der Waals surface area (Å²) >= 11 is 0. The van der Waals surface area contributed by atoms with Crippen LogP contribution in [0.3, 0.4) is 0 Å². The van der Waals surface area contributed by atoms with Gasteiger partial charge in [-0.3, -0.25) is 9.36 Å². The molecular weight excluding hydrogens is 222 g/mol. The molecule has 0 radical (unpaired) electrons. The van der Waals surface area contributed by atoms with Crippen LogP contribution < -0.4 is 5.56 Å². The van der Waals surface area contributed by atoms with Gasteiger partial charge in [0.15, 0.2) is 0 Å². The van der Waals surface area contributed by atoms with Crippen LogP contribution in [0.5, 0.6) is 0 Å². The third kappa shape index (κ3) is 2.35. The molecule has 17 heavy (non-hydrogen) atoms. The Hall–Kier alpha value is -1.72. The van der Waals surface area contributed by atoms with Gasteiger partial charge in [-0.15, -0.1) is 10.2 Å². The molecular formula is C11H15N3O3. The van der Waals surface area contributed by atoms with E-state index in [2.05, 4.69) is 10.2 Å². The van der Waals surface area contributed by atoms with E-state index >= 15 is 0 Å². The van der Waals surface area contributed by atoms with Gasteiger partial charge in [-0.2, -0.15) is 0 Å². The van der Waals surface area contributed by atoms with E-state index in [1.807, 2.05) is 0 Å². The van der Waals surface area contributed by atoms with Crippen molar-refractivity contribution in [2.45, 2.75) is 39.2 Å². The van der Waals surface area contributed by atoms with Crippen molar-refractivity contribution in [3.05, 3.63) is 21.9 Å². The second-order valence-electron chi connectivity index (χ2n) is 3.95. The molecule has 1 aliphatic rings. The van der Waals surface area contributed by atoms with Gasteiger partial charge < -0.3 is 4.74 Å². The molecule has 1 aliphatic heterocycles. The predicted molar refractivity (Wildman–Crippen MR) is 59.8 cm³/mol. The number of fused-ring (bicyclic) bond motifs is 1. The first kappa shape index (κ1) is 11.8. The molecule has 6 nitrogen and oxygen atoms in total. The molecule has 0 atom stereocenters. The summed E-state index contributed by atoms with van der Waals surface area (Å²) < 4.78 is 6.32. The number of esters is 1. The molecule has 2 rings (SSSR count). The number of hydrogen-bond acceptors (Lipinski definition) is 5. The second-order valence-corrected chi connectivity index (χ2v) is 3.95. The van der Waals surface area contributed by atoms with Gasteiger partial charge in [0.2, 0.25) is 5.69 Å². The average Bonchev–Trinajstić information content (AvgIpc) is 2.55. The normalized spacial score (nSPS) is 14.9. The minimum absolute atomic E-state index is 0.211. The van der Waals surface area contributed by atoms with Gasteiger partial charge in [0.25, 0.3) is 5.56 Å². The standard InChI is InChI=1S/C11H15N3O3/c1-2-17-11(16)9-10(15)14-7-5-3-4-6-8(14)12-13-9/h2-7H2,1H3. The fourth-order valence-electron chi connectivity index (χ4n) is 1.92. The molecule has 1 aromatic rings. The van der Waals surface area contributed by atoms with Gasteiger partial charge in [-0.05, 0) is 19.8 Å². The van der Waals surface area contributed by atoms with E-state index < -0.39 is 5.97 Å². The van der Waals surface area contributed by atoms with Crippen LogP contribution in [0.15, 0.2) is 4.79 Å².